The lowest BCUT2D eigenvalue weighted by Gasteiger charge is -2.06. The fourth-order valence-electron chi connectivity index (χ4n) is 3.03. The maximum atomic E-state index is 13.1. The first kappa shape index (κ1) is 22.0. The summed E-state index contributed by atoms with van der Waals surface area (Å²) in [6.45, 7) is 1.36. The third-order valence-electron chi connectivity index (χ3n) is 4.55. The molecule has 0 fully saturated rings. The summed E-state index contributed by atoms with van der Waals surface area (Å²) in [5.74, 6) is -0.334. The molecule has 31 heavy (non-hydrogen) atoms. The molecule has 0 bridgehead atoms. The van der Waals surface area contributed by atoms with E-state index in [1.807, 2.05) is 0 Å². The maximum Gasteiger partial charge on any atom is 0.433 e. The summed E-state index contributed by atoms with van der Waals surface area (Å²) in [5, 5.41) is 0. The van der Waals surface area contributed by atoms with E-state index >= 15 is 0 Å². The van der Waals surface area contributed by atoms with Crippen LogP contribution in [0.15, 0.2) is 23.2 Å². The standard InChI is InChI=1S/C17H11F6N3O2S3/c1-3-31(27,28)14-12-9(5-11(30-12)17(21,22)23)29-13(14)15-25-7-4-10(16(18,19)20)24-6-8(7)26(15)2/h4-6H,3H2,1-2H3. The first-order valence-corrected chi connectivity index (χ1v) is 11.8. The van der Waals surface area contributed by atoms with Crippen molar-refractivity contribution in [2.75, 3.05) is 5.75 Å². The van der Waals surface area contributed by atoms with Crippen molar-refractivity contribution in [2.45, 2.75) is 24.2 Å². The van der Waals surface area contributed by atoms with Crippen molar-refractivity contribution in [3.8, 4) is 10.7 Å². The lowest BCUT2D eigenvalue weighted by molar-refractivity contribution is -0.141. The number of alkyl halides is 6. The van der Waals surface area contributed by atoms with E-state index in [0.717, 1.165) is 29.7 Å². The van der Waals surface area contributed by atoms with Gasteiger partial charge in [0.2, 0.25) is 0 Å². The molecule has 0 radical (unpaired) electrons. The molecule has 0 aliphatic carbocycles. The minimum atomic E-state index is -4.69. The number of pyridine rings is 1. The largest absolute Gasteiger partial charge is 0.433 e. The van der Waals surface area contributed by atoms with Crippen molar-refractivity contribution in [2.24, 2.45) is 7.05 Å². The number of nitrogens with zero attached hydrogens (tertiary/aromatic N) is 3. The van der Waals surface area contributed by atoms with E-state index in [4.69, 9.17) is 0 Å². The van der Waals surface area contributed by atoms with Gasteiger partial charge in [-0.2, -0.15) is 26.3 Å². The first-order valence-electron chi connectivity index (χ1n) is 8.50. The molecule has 0 saturated carbocycles. The minimum absolute atomic E-state index is 0.0325. The van der Waals surface area contributed by atoms with Gasteiger partial charge in [0.1, 0.15) is 15.5 Å². The molecule has 0 aliphatic heterocycles. The molecular weight excluding hydrogens is 488 g/mol. The van der Waals surface area contributed by atoms with Crippen molar-refractivity contribution in [1.29, 1.82) is 0 Å². The molecular formula is C17H11F6N3O2S3. The average Bonchev–Trinajstić information content (AvgIpc) is 3.30. The van der Waals surface area contributed by atoms with E-state index < -0.39 is 32.8 Å². The molecule has 14 heteroatoms. The van der Waals surface area contributed by atoms with Crippen molar-refractivity contribution >= 4 is 52.9 Å². The Morgan fingerprint density at radius 1 is 1.06 bits per heavy atom. The van der Waals surface area contributed by atoms with E-state index in [1.165, 1.54) is 18.5 Å². The number of hydrogen-bond acceptors (Lipinski definition) is 6. The van der Waals surface area contributed by atoms with E-state index in [2.05, 4.69) is 9.97 Å². The van der Waals surface area contributed by atoms with Gasteiger partial charge in [0.25, 0.3) is 0 Å². The zero-order valence-corrected chi connectivity index (χ0v) is 18.0. The normalized spacial score (nSPS) is 13.5. The van der Waals surface area contributed by atoms with Crippen LogP contribution in [0.25, 0.3) is 31.1 Å². The predicted molar refractivity (Wildman–Crippen MR) is 105 cm³/mol. The van der Waals surface area contributed by atoms with Crippen LogP contribution in [0.3, 0.4) is 0 Å². The Kier molecular flexibility index (Phi) is 4.90. The summed E-state index contributed by atoms with van der Waals surface area (Å²) in [5.41, 5.74) is -1.00. The number of rotatable bonds is 3. The second kappa shape index (κ2) is 6.90. The highest BCUT2D eigenvalue weighted by molar-refractivity contribution is 7.92. The van der Waals surface area contributed by atoms with Gasteiger partial charge in [-0.05, 0) is 12.1 Å². The maximum absolute atomic E-state index is 13.1. The highest BCUT2D eigenvalue weighted by Gasteiger charge is 2.37. The predicted octanol–water partition coefficient (Wildman–Crippen LogP) is 5.74. The Morgan fingerprint density at radius 3 is 2.32 bits per heavy atom. The third-order valence-corrected chi connectivity index (χ3v) is 9.06. The van der Waals surface area contributed by atoms with Crippen LogP contribution < -0.4 is 0 Å². The van der Waals surface area contributed by atoms with Gasteiger partial charge in [-0.3, -0.25) is 0 Å². The van der Waals surface area contributed by atoms with Crippen LogP contribution in [0.1, 0.15) is 17.5 Å². The van der Waals surface area contributed by atoms with Gasteiger partial charge in [-0.1, -0.05) is 6.92 Å². The Hall–Kier alpha value is -2.19. The van der Waals surface area contributed by atoms with Crippen LogP contribution in [0.5, 0.6) is 0 Å². The quantitative estimate of drug-likeness (QED) is 0.337. The summed E-state index contributed by atoms with van der Waals surface area (Å²) >= 11 is 1.12. The number of aryl methyl sites for hydroxylation is 1. The van der Waals surface area contributed by atoms with E-state index in [-0.39, 0.29) is 41.8 Å². The van der Waals surface area contributed by atoms with Crippen LogP contribution in [0.4, 0.5) is 26.3 Å². The first-order chi connectivity index (χ1) is 14.2. The molecule has 5 nitrogen and oxygen atoms in total. The Morgan fingerprint density at radius 2 is 1.74 bits per heavy atom. The molecule has 0 aliphatic rings. The van der Waals surface area contributed by atoms with Crippen LogP contribution in [-0.4, -0.2) is 28.7 Å². The topological polar surface area (TPSA) is 64.8 Å². The van der Waals surface area contributed by atoms with Crippen LogP contribution in [-0.2, 0) is 29.2 Å². The molecule has 0 saturated heterocycles. The van der Waals surface area contributed by atoms with Crippen LogP contribution in [0, 0.1) is 0 Å². The number of halogens is 6. The molecule has 0 unspecified atom stereocenters. The molecule has 0 amide bonds. The van der Waals surface area contributed by atoms with Crippen molar-refractivity contribution in [3.05, 3.63) is 28.9 Å². The summed E-state index contributed by atoms with van der Waals surface area (Å²) in [6, 6.07) is 1.61. The third kappa shape index (κ3) is 3.59. The molecule has 166 valence electrons. The van der Waals surface area contributed by atoms with Gasteiger partial charge in [0, 0.05) is 11.7 Å². The zero-order chi connectivity index (χ0) is 22.9. The minimum Gasteiger partial charge on any atom is -0.325 e. The highest BCUT2D eigenvalue weighted by atomic mass is 32.2. The fraction of sp³-hybridized carbons (Fsp3) is 0.294. The van der Waals surface area contributed by atoms with Crippen LogP contribution in [0.2, 0.25) is 0 Å². The smallest absolute Gasteiger partial charge is 0.325 e. The number of aromatic nitrogens is 3. The van der Waals surface area contributed by atoms with Crippen molar-refractivity contribution in [1.82, 2.24) is 14.5 Å². The molecule has 4 heterocycles. The average molecular weight is 499 g/mol. The SMILES string of the molecule is CCS(=O)(=O)c1c(-c2nc3cc(C(F)(F)F)ncc3n2C)sc2cc(C(F)(F)F)sc12. The lowest BCUT2D eigenvalue weighted by Crippen LogP contribution is -2.07. The van der Waals surface area contributed by atoms with Gasteiger partial charge in [0.15, 0.2) is 15.7 Å². The van der Waals surface area contributed by atoms with Crippen molar-refractivity contribution < 1.29 is 34.8 Å². The number of thiophene rings is 2. The molecule has 4 aromatic rings. The molecule has 0 aromatic carbocycles. The Balaban J connectivity index is 2.01. The monoisotopic (exact) mass is 499 g/mol. The fourth-order valence-corrected chi connectivity index (χ4v) is 7.48. The number of sulfone groups is 1. The molecule has 4 aromatic heterocycles. The van der Waals surface area contributed by atoms with Gasteiger partial charge < -0.3 is 4.57 Å². The van der Waals surface area contributed by atoms with E-state index in [0.29, 0.717) is 11.3 Å². The number of imidazole rings is 1. The van der Waals surface area contributed by atoms with E-state index in [1.54, 1.807) is 0 Å². The van der Waals surface area contributed by atoms with Gasteiger partial charge in [-0.15, -0.1) is 22.7 Å². The van der Waals surface area contributed by atoms with E-state index in [9.17, 15) is 34.8 Å². The Labute approximate surface area is 178 Å². The number of hydrogen-bond donors (Lipinski definition) is 0. The molecule has 0 N–H and O–H groups in total. The second-order valence-corrected chi connectivity index (χ2v) is 10.8. The summed E-state index contributed by atoms with van der Waals surface area (Å²) in [6.07, 6.45) is -8.35. The van der Waals surface area contributed by atoms with Crippen LogP contribution >= 0.6 is 22.7 Å². The molecule has 4 rings (SSSR count). The summed E-state index contributed by atoms with van der Waals surface area (Å²) in [4.78, 5) is 6.39. The van der Waals surface area contributed by atoms with Gasteiger partial charge >= 0.3 is 12.4 Å². The lowest BCUT2D eigenvalue weighted by atomic mass is 10.3. The second-order valence-electron chi connectivity index (χ2n) is 6.52. The van der Waals surface area contributed by atoms with Gasteiger partial charge in [0.05, 0.1) is 32.6 Å². The highest BCUT2D eigenvalue weighted by Crippen LogP contribution is 2.48. The van der Waals surface area contributed by atoms with Gasteiger partial charge in [-0.25, -0.2) is 18.4 Å². The summed E-state index contributed by atoms with van der Waals surface area (Å²) in [7, 11) is -2.50. The summed E-state index contributed by atoms with van der Waals surface area (Å²) < 4.78 is 105. The Bertz CT molecular complexity index is 1430. The molecule has 0 atom stereocenters. The zero-order valence-electron chi connectivity index (χ0n) is 15.6. The molecule has 0 spiro atoms. The number of fused-ring (bicyclic) bond motifs is 2. The van der Waals surface area contributed by atoms with Crippen molar-refractivity contribution in [3.63, 3.8) is 0 Å².